The van der Waals surface area contributed by atoms with Gasteiger partial charge in [0.15, 0.2) is 5.58 Å². The normalized spacial score (nSPS) is 11.5. The van der Waals surface area contributed by atoms with Crippen LogP contribution >= 0.6 is 11.3 Å². The van der Waals surface area contributed by atoms with Crippen LogP contribution in [0.3, 0.4) is 0 Å². The zero-order valence-corrected chi connectivity index (χ0v) is 28.2. The van der Waals surface area contributed by atoms with Crippen LogP contribution in [0, 0.1) is 0 Å². The predicted octanol–water partition coefficient (Wildman–Crippen LogP) is 13.2. The highest BCUT2D eigenvalue weighted by atomic mass is 32.1. The molecule has 0 N–H and O–H groups in total. The summed E-state index contributed by atoms with van der Waals surface area (Å²) in [7, 11) is 0. The summed E-state index contributed by atoms with van der Waals surface area (Å²) in [5.41, 5.74) is 10.2. The Balaban J connectivity index is 1.08. The molecule has 0 radical (unpaired) electrons. The third kappa shape index (κ3) is 5.23. The van der Waals surface area contributed by atoms with Crippen LogP contribution < -0.4 is 4.90 Å². The maximum absolute atomic E-state index is 6.21. The first-order valence-electron chi connectivity index (χ1n) is 17.0. The molecule has 10 rings (SSSR count). The van der Waals surface area contributed by atoms with E-state index in [1.807, 2.05) is 42.5 Å². The SMILES string of the molecule is c1ccc(-c2nc3ccc(-c4ccc(N(c5ccc(-c6nc7ccccc7s6)cc5)c5cc6ccccc6c6ccccc56)cc4)cc3o2)cc1. The van der Waals surface area contributed by atoms with E-state index in [4.69, 9.17) is 14.4 Å². The summed E-state index contributed by atoms with van der Waals surface area (Å²) in [6.07, 6.45) is 0. The molecule has 0 saturated heterocycles. The highest BCUT2D eigenvalue weighted by Crippen LogP contribution is 2.43. The molecule has 2 heterocycles. The third-order valence-electron chi connectivity index (χ3n) is 9.52. The number of hydrogen-bond donors (Lipinski definition) is 0. The Morgan fingerprint density at radius 1 is 0.451 bits per heavy atom. The van der Waals surface area contributed by atoms with Crippen LogP contribution in [-0.4, -0.2) is 9.97 Å². The maximum Gasteiger partial charge on any atom is 0.227 e. The number of thiazole rings is 1. The largest absolute Gasteiger partial charge is 0.436 e. The Kier molecular flexibility index (Phi) is 6.96. The summed E-state index contributed by atoms with van der Waals surface area (Å²) in [5, 5.41) is 5.90. The lowest BCUT2D eigenvalue weighted by Gasteiger charge is -2.28. The summed E-state index contributed by atoms with van der Waals surface area (Å²) >= 11 is 1.73. The van der Waals surface area contributed by atoms with E-state index in [2.05, 4.69) is 138 Å². The van der Waals surface area contributed by atoms with E-state index < -0.39 is 0 Å². The van der Waals surface area contributed by atoms with Gasteiger partial charge in [-0.2, -0.15) is 0 Å². The second-order valence-corrected chi connectivity index (χ2v) is 13.7. The molecular formula is C46H29N3OS. The fourth-order valence-corrected chi connectivity index (χ4v) is 7.98. The molecule has 0 aliphatic carbocycles. The van der Waals surface area contributed by atoms with E-state index in [-0.39, 0.29) is 0 Å². The first kappa shape index (κ1) is 29.4. The third-order valence-corrected chi connectivity index (χ3v) is 10.6. The first-order valence-corrected chi connectivity index (χ1v) is 17.8. The number of benzene rings is 8. The molecule has 0 amide bonds. The van der Waals surface area contributed by atoms with Gasteiger partial charge in [0, 0.05) is 27.9 Å². The van der Waals surface area contributed by atoms with Crippen LogP contribution in [0.1, 0.15) is 0 Å². The van der Waals surface area contributed by atoms with E-state index >= 15 is 0 Å². The number of fused-ring (bicyclic) bond motifs is 5. The minimum atomic E-state index is 0.630. The zero-order chi connectivity index (χ0) is 33.7. The van der Waals surface area contributed by atoms with Crippen LogP contribution in [0.25, 0.3) is 76.0 Å². The second-order valence-electron chi connectivity index (χ2n) is 12.6. The van der Waals surface area contributed by atoms with Crippen LogP contribution in [0.15, 0.2) is 180 Å². The average molecular weight is 672 g/mol. The zero-order valence-electron chi connectivity index (χ0n) is 27.4. The summed E-state index contributed by atoms with van der Waals surface area (Å²) in [5.74, 6) is 0.630. The molecule has 51 heavy (non-hydrogen) atoms. The summed E-state index contributed by atoms with van der Waals surface area (Å²) in [6.45, 7) is 0. The molecule has 4 nitrogen and oxygen atoms in total. The van der Waals surface area contributed by atoms with Gasteiger partial charge in [0.2, 0.25) is 5.89 Å². The quantitative estimate of drug-likeness (QED) is 0.165. The van der Waals surface area contributed by atoms with Crippen molar-refractivity contribution in [1.29, 1.82) is 0 Å². The molecule has 0 aliphatic rings. The molecular weight excluding hydrogens is 643 g/mol. The van der Waals surface area contributed by atoms with Gasteiger partial charge < -0.3 is 9.32 Å². The molecule has 2 aromatic heterocycles. The highest BCUT2D eigenvalue weighted by molar-refractivity contribution is 7.21. The highest BCUT2D eigenvalue weighted by Gasteiger charge is 2.18. The Hall–Kier alpha value is -6.56. The van der Waals surface area contributed by atoms with Gasteiger partial charge in [0.05, 0.1) is 15.9 Å². The molecule has 0 aliphatic heterocycles. The van der Waals surface area contributed by atoms with E-state index in [0.717, 1.165) is 60.9 Å². The van der Waals surface area contributed by atoms with Gasteiger partial charge >= 0.3 is 0 Å². The Morgan fingerprint density at radius 3 is 1.88 bits per heavy atom. The van der Waals surface area contributed by atoms with Crippen molar-refractivity contribution in [3.8, 4) is 33.2 Å². The maximum atomic E-state index is 6.21. The van der Waals surface area contributed by atoms with Crippen molar-refractivity contribution in [2.24, 2.45) is 0 Å². The Morgan fingerprint density at radius 2 is 1.10 bits per heavy atom. The first-order chi connectivity index (χ1) is 25.2. The fraction of sp³-hybridized carbons (Fsp3) is 0. The average Bonchev–Trinajstić information content (AvgIpc) is 3.84. The van der Waals surface area contributed by atoms with Crippen LogP contribution in [0.2, 0.25) is 0 Å². The number of nitrogens with zero attached hydrogens (tertiary/aromatic N) is 3. The number of aromatic nitrogens is 2. The number of para-hydroxylation sites is 1. The topological polar surface area (TPSA) is 42.2 Å². The molecule has 10 aromatic rings. The van der Waals surface area contributed by atoms with E-state index in [1.165, 1.54) is 26.2 Å². The van der Waals surface area contributed by atoms with Crippen molar-refractivity contribution in [3.63, 3.8) is 0 Å². The summed E-state index contributed by atoms with van der Waals surface area (Å²) in [4.78, 5) is 12.0. The standard InChI is InChI=1S/C46H29N3OS/c1-2-10-31(11-3-1)45-47-40-27-22-33(29-43(40)50-45)30-18-23-35(24-19-30)49(42-28-34-12-4-5-13-37(34)38-14-6-7-15-39(38)42)36-25-20-32(21-26-36)46-48-41-16-8-9-17-44(41)51-46/h1-29H. The van der Waals surface area contributed by atoms with Crippen molar-refractivity contribution in [3.05, 3.63) is 176 Å². The van der Waals surface area contributed by atoms with Gasteiger partial charge in [-0.15, -0.1) is 11.3 Å². The number of oxazole rings is 1. The van der Waals surface area contributed by atoms with Crippen LogP contribution in [0.4, 0.5) is 17.1 Å². The summed E-state index contributed by atoms with van der Waals surface area (Å²) < 4.78 is 7.40. The smallest absolute Gasteiger partial charge is 0.227 e. The van der Waals surface area contributed by atoms with Crippen molar-refractivity contribution < 1.29 is 4.42 Å². The lowest BCUT2D eigenvalue weighted by Crippen LogP contribution is -2.10. The molecule has 0 atom stereocenters. The lowest BCUT2D eigenvalue weighted by atomic mass is 9.98. The minimum Gasteiger partial charge on any atom is -0.436 e. The van der Waals surface area contributed by atoms with E-state index in [1.54, 1.807) is 11.3 Å². The minimum absolute atomic E-state index is 0.630. The van der Waals surface area contributed by atoms with Crippen molar-refractivity contribution in [2.75, 3.05) is 4.90 Å². The molecule has 0 saturated carbocycles. The van der Waals surface area contributed by atoms with Gasteiger partial charge in [-0.3, -0.25) is 0 Å². The second kappa shape index (κ2) is 12.1. The monoisotopic (exact) mass is 671 g/mol. The van der Waals surface area contributed by atoms with Gasteiger partial charge in [0.1, 0.15) is 10.5 Å². The van der Waals surface area contributed by atoms with Crippen molar-refractivity contribution >= 4 is 71.3 Å². The Labute approximate surface area is 298 Å². The molecule has 5 heteroatoms. The fourth-order valence-electron chi connectivity index (χ4n) is 7.01. The van der Waals surface area contributed by atoms with E-state index in [0.29, 0.717) is 5.89 Å². The molecule has 0 bridgehead atoms. The molecule has 8 aromatic carbocycles. The number of rotatable bonds is 6. The van der Waals surface area contributed by atoms with Gasteiger partial charge in [-0.25, -0.2) is 9.97 Å². The lowest BCUT2D eigenvalue weighted by molar-refractivity contribution is 0.620. The molecule has 0 fully saturated rings. The Bertz CT molecular complexity index is 2820. The van der Waals surface area contributed by atoms with Gasteiger partial charge in [-0.1, -0.05) is 97.1 Å². The number of hydrogen-bond acceptors (Lipinski definition) is 5. The van der Waals surface area contributed by atoms with Crippen LogP contribution in [0.5, 0.6) is 0 Å². The van der Waals surface area contributed by atoms with Gasteiger partial charge in [-0.05, 0) is 106 Å². The van der Waals surface area contributed by atoms with Crippen molar-refractivity contribution in [1.82, 2.24) is 9.97 Å². The molecule has 240 valence electrons. The van der Waals surface area contributed by atoms with Gasteiger partial charge in [0.25, 0.3) is 0 Å². The van der Waals surface area contributed by atoms with Crippen LogP contribution in [-0.2, 0) is 0 Å². The molecule has 0 unspecified atom stereocenters. The number of anilines is 3. The predicted molar refractivity (Wildman–Crippen MR) is 213 cm³/mol. The van der Waals surface area contributed by atoms with E-state index in [9.17, 15) is 0 Å². The molecule has 0 spiro atoms. The summed E-state index contributed by atoms with van der Waals surface area (Å²) in [6, 6.07) is 61.8. The van der Waals surface area contributed by atoms with Crippen molar-refractivity contribution in [2.45, 2.75) is 0 Å².